The third kappa shape index (κ3) is 5.82. The van der Waals surface area contributed by atoms with Crippen molar-refractivity contribution in [2.45, 2.75) is 38.8 Å². The van der Waals surface area contributed by atoms with E-state index in [2.05, 4.69) is 5.32 Å². The Morgan fingerprint density at radius 1 is 1.23 bits per heavy atom. The summed E-state index contributed by atoms with van der Waals surface area (Å²) in [4.78, 5) is 33.7. The molecule has 1 aromatic carbocycles. The summed E-state index contributed by atoms with van der Waals surface area (Å²) in [6.45, 7) is 5.01. The molecule has 0 radical (unpaired) electrons. The van der Waals surface area contributed by atoms with Gasteiger partial charge in [-0.1, -0.05) is 12.1 Å². The number of nitrogens with one attached hydrogen (secondary N) is 1. The highest BCUT2D eigenvalue weighted by molar-refractivity contribution is 5.92. The van der Waals surface area contributed by atoms with Crippen LogP contribution in [0.5, 0.6) is 0 Å². The third-order valence-electron chi connectivity index (χ3n) is 2.65. The molecule has 2 amide bonds. The predicted octanol–water partition coefficient (Wildman–Crippen LogP) is -0.0288. The molecular weight excluding hydrogens is 288 g/mol. The monoisotopic (exact) mass is 307 g/mol. The Bertz CT molecular complexity index is 560. The summed E-state index contributed by atoms with van der Waals surface area (Å²) in [6, 6.07) is 4.85. The minimum Gasteiger partial charge on any atom is -0.548 e. The van der Waals surface area contributed by atoms with Crippen molar-refractivity contribution in [3.8, 4) is 0 Å². The highest BCUT2D eigenvalue weighted by Gasteiger charge is 2.20. The van der Waals surface area contributed by atoms with Gasteiger partial charge in [0.15, 0.2) is 0 Å². The number of nitrogens with two attached hydrogens (primary N) is 1. The van der Waals surface area contributed by atoms with Crippen molar-refractivity contribution in [2.75, 3.05) is 0 Å². The van der Waals surface area contributed by atoms with Crippen molar-refractivity contribution in [1.29, 1.82) is 0 Å². The topological polar surface area (TPSA) is 122 Å². The number of primary amides is 1. The van der Waals surface area contributed by atoms with Crippen LogP contribution in [0.1, 0.15) is 36.7 Å². The molecule has 0 aliphatic rings. The number of hydrogen-bond acceptors (Lipinski definition) is 5. The number of benzene rings is 1. The van der Waals surface area contributed by atoms with E-state index >= 15 is 0 Å². The third-order valence-corrected chi connectivity index (χ3v) is 2.65. The fraction of sp³-hybridized carbons (Fsp3) is 0.400. The van der Waals surface area contributed by atoms with Crippen molar-refractivity contribution in [2.24, 2.45) is 5.73 Å². The number of ether oxygens (including phenoxy) is 1. The van der Waals surface area contributed by atoms with Gasteiger partial charge in [-0.15, -0.1) is 0 Å². The van der Waals surface area contributed by atoms with E-state index < -0.39 is 29.6 Å². The molecule has 22 heavy (non-hydrogen) atoms. The van der Waals surface area contributed by atoms with Gasteiger partial charge in [-0.05, 0) is 44.9 Å². The van der Waals surface area contributed by atoms with E-state index in [-0.39, 0.29) is 6.42 Å². The van der Waals surface area contributed by atoms with Gasteiger partial charge in [0.25, 0.3) is 0 Å². The normalized spacial score (nSPS) is 12.3. The summed E-state index contributed by atoms with van der Waals surface area (Å²) in [5, 5.41) is 13.4. The molecule has 0 heterocycles. The molecule has 0 saturated carbocycles. The molecule has 1 rings (SSSR count). The van der Waals surface area contributed by atoms with Crippen LogP contribution < -0.4 is 16.2 Å². The zero-order chi connectivity index (χ0) is 16.9. The molecular formula is C15H19N2O5-. The smallest absolute Gasteiger partial charge is 0.408 e. The minimum atomic E-state index is -1.43. The Morgan fingerprint density at radius 2 is 1.77 bits per heavy atom. The molecule has 120 valence electrons. The van der Waals surface area contributed by atoms with E-state index in [0.717, 1.165) is 0 Å². The second kappa shape index (κ2) is 6.93. The lowest BCUT2D eigenvalue weighted by molar-refractivity contribution is -0.308. The summed E-state index contributed by atoms with van der Waals surface area (Å²) in [7, 11) is 0. The molecule has 7 heteroatoms. The average molecular weight is 307 g/mol. The maximum absolute atomic E-state index is 11.6. The maximum atomic E-state index is 11.6. The zero-order valence-corrected chi connectivity index (χ0v) is 12.7. The molecule has 0 unspecified atom stereocenters. The van der Waals surface area contributed by atoms with Crippen molar-refractivity contribution in [1.82, 2.24) is 5.32 Å². The van der Waals surface area contributed by atoms with E-state index in [9.17, 15) is 19.5 Å². The van der Waals surface area contributed by atoms with Gasteiger partial charge in [0.2, 0.25) is 5.91 Å². The molecule has 0 aromatic heterocycles. The number of carboxylic acid groups (broad SMARTS) is 1. The first-order valence-electron chi connectivity index (χ1n) is 6.67. The Hall–Kier alpha value is -2.57. The average Bonchev–Trinajstić information content (AvgIpc) is 2.36. The fourth-order valence-corrected chi connectivity index (χ4v) is 1.68. The van der Waals surface area contributed by atoms with Crippen molar-refractivity contribution >= 4 is 18.0 Å². The SMILES string of the molecule is CC(C)(C)OC(=O)N[C@@H](Cc1ccc(C(N)=O)cc1)C(=O)[O-]. The Kier molecular flexibility index (Phi) is 5.50. The van der Waals surface area contributed by atoms with Crippen LogP contribution in [0.3, 0.4) is 0 Å². The highest BCUT2D eigenvalue weighted by Crippen LogP contribution is 2.09. The van der Waals surface area contributed by atoms with Gasteiger partial charge < -0.3 is 25.7 Å². The molecule has 0 saturated heterocycles. The van der Waals surface area contributed by atoms with Crippen molar-refractivity contribution in [3.05, 3.63) is 35.4 Å². The van der Waals surface area contributed by atoms with E-state index in [1.807, 2.05) is 0 Å². The quantitative estimate of drug-likeness (QED) is 0.791. The first kappa shape index (κ1) is 17.5. The number of aliphatic carboxylic acids is 1. The number of carbonyl (C=O) groups is 3. The number of alkyl carbamates (subject to hydrolysis) is 1. The van der Waals surface area contributed by atoms with Crippen LogP contribution in [0, 0.1) is 0 Å². The number of rotatable bonds is 5. The summed E-state index contributed by atoms with van der Waals surface area (Å²) in [6.07, 6.45) is -0.837. The fourth-order valence-electron chi connectivity index (χ4n) is 1.68. The molecule has 1 atom stereocenters. The van der Waals surface area contributed by atoms with Gasteiger partial charge in [-0.2, -0.15) is 0 Å². The first-order chi connectivity index (χ1) is 10.1. The van der Waals surface area contributed by atoms with Gasteiger partial charge >= 0.3 is 6.09 Å². The summed E-state index contributed by atoms with van der Waals surface area (Å²) in [5.41, 5.74) is 5.31. The second-order valence-electron chi connectivity index (χ2n) is 5.78. The zero-order valence-electron chi connectivity index (χ0n) is 12.7. The van der Waals surface area contributed by atoms with Crippen molar-refractivity contribution in [3.63, 3.8) is 0 Å². The van der Waals surface area contributed by atoms with Gasteiger partial charge in [-0.25, -0.2) is 4.79 Å². The largest absolute Gasteiger partial charge is 0.548 e. The van der Waals surface area contributed by atoms with Crippen LogP contribution in [-0.2, 0) is 16.0 Å². The van der Waals surface area contributed by atoms with Crippen LogP contribution in [0.25, 0.3) is 0 Å². The predicted molar refractivity (Wildman–Crippen MR) is 76.8 cm³/mol. The van der Waals surface area contributed by atoms with Crippen LogP contribution >= 0.6 is 0 Å². The number of hydrogen-bond donors (Lipinski definition) is 2. The van der Waals surface area contributed by atoms with Gasteiger partial charge in [0.05, 0.1) is 12.0 Å². The summed E-state index contributed by atoms with van der Waals surface area (Å²) in [5.74, 6) is -2.00. The molecule has 0 spiro atoms. The molecule has 1 aromatic rings. The number of carboxylic acids is 1. The van der Waals surface area contributed by atoms with Crippen LogP contribution in [-0.4, -0.2) is 29.6 Å². The lowest BCUT2D eigenvalue weighted by Gasteiger charge is -2.24. The molecule has 0 aliphatic heterocycles. The Morgan fingerprint density at radius 3 is 2.18 bits per heavy atom. The Labute approximate surface area is 128 Å². The lowest BCUT2D eigenvalue weighted by atomic mass is 10.0. The van der Waals surface area contributed by atoms with Crippen LogP contribution in [0.2, 0.25) is 0 Å². The van der Waals surface area contributed by atoms with Crippen LogP contribution in [0.4, 0.5) is 4.79 Å². The van der Waals surface area contributed by atoms with Gasteiger partial charge in [0, 0.05) is 5.56 Å². The van der Waals surface area contributed by atoms with Gasteiger partial charge in [-0.3, -0.25) is 4.79 Å². The number of carbonyl (C=O) groups excluding carboxylic acids is 3. The maximum Gasteiger partial charge on any atom is 0.408 e. The van der Waals surface area contributed by atoms with E-state index in [1.165, 1.54) is 12.1 Å². The summed E-state index contributed by atoms with van der Waals surface area (Å²) < 4.78 is 5.00. The number of amides is 2. The molecule has 0 aliphatic carbocycles. The second-order valence-corrected chi connectivity index (χ2v) is 5.78. The van der Waals surface area contributed by atoms with Crippen molar-refractivity contribution < 1.29 is 24.2 Å². The molecule has 3 N–H and O–H groups in total. The molecule has 7 nitrogen and oxygen atoms in total. The first-order valence-corrected chi connectivity index (χ1v) is 6.67. The highest BCUT2D eigenvalue weighted by atomic mass is 16.6. The molecule has 0 bridgehead atoms. The lowest BCUT2D eigenvalue weighted by Crippen LogP contribution is -2.50. The minimum absolute atomic E-state index is 0.000613. The standard InChI is InChI=1S/C15H20N2O5/c1-15(2,3)22-14(21)17-11(13(19)20)8-9-4-6-10(7-5-9)12(16)18/h4-7,11H,8H2,1-3H3,(H2,16,18)(H,17,21)(H,19,20)/p-1/t11-/m0/s1. The van der Waals surface area contributed by atoms with Crippen LogP contribution in [0.15, 0.2) is 24.3 Å². The Balaban J connectivity index is 2.74. The van der Waals surface area contributed by atoms with E-state index in [4.69, 9.17) is 10.5 Å². The summed E-state index contributed by atoms with van der Waals surface area (Å²) >= 11 is 0. The van der Waals surface area contributed by atoms with E-state index in [0.29, 0.717) is 11.1 Å². The molecule has 0 fully saturated rings. The van der Waals surface area contributed by atoms with E-state index in [1.54, 1.807) is 32.9 Å². The van der Waals surface area contributed by atoms with Gasteiger partial charge in [0.1, 0.15) is 5.60 Å².